The van der Waals surface area contributed by atoms with Crippen molar-refractivity contribution in [2.24, 2.45) is 0 Å². The zero-order valence-electron chi connectivity index (χ0n) is 14.7. The average molecular weight is 391 g/mol. The number of ether oxygens (including phenoxy) is 2. The number of para-hydroxylation sites is 1. The van der Waals surface area contributed by atoms with Crippen molar-refractivity contribution in [1.29, 1.82) is 0 Å². The van der Waals surface area contributed by atoms with Crippen LogP contribution < -0.4 is 14.8 Å². The van der Waals surface area contributed by atoms with Crippen LogP contribution in [0.25, 0.3) is 0 Å². The van der Waals surface area contributed by atoms with E-state index < -0.39 is 24.1 Å². The predicted octanol–water partition coefficient (Wildman–Crippen LogP) is 5.16. The van der Waals surface area contributed by atoms with Crippen molar-refractivity contribution in [3.05, 3.63) is 77.5 Å². The Labute approximate surface area is 158 Å². The second kappa shape index (κ2) is 8.51. The summed E-state index contributed by atoms with van der Waals surface area (Å²) in [5, 5.41) is 2.36. The summed E-state index contributed by atoms with van der Waals surface area (Å²) >= 11 is 0. The number of carbonyl (C=O) groups is 1. The van der Waals surface area contributed by atoms with E-state index in [4.69, 9.17) is 9.15 Å². The van der Waals surface area contributed by atoms with Crippen molar-refractivity contribution in [3.63, 3.8) is 0 Å². The molecular formula is C20H16F3NO4. The molecule has 0 saturated carbocycles. The highest BCUT2D eigenvalue weighted by molar-refractivity contribution is 6.03. The number of nitrogens with one attached hydrogen (secondary N) is 1. The summed E-state index contributed by atoms with van der Waals surface area (Å²) in [6.07, 6.45) is 0. The Kier molecular flexibility index (Phi) is 5.88. The zero-order chi connectivity index (χ0) is 20.1. The van der Waals surface area contributed by atoms with E-state index >= 15 is 0 Å². The largest absolute Gasteiger partial charge is 0.485 e. The molecule has 1 heterocycles. The van der Waals surface area contributed by atoms with Crippen molar-refractivity contribution in [2.75, 3.05) is 5.32 Å². The smallest absolute Gasteiger partial charge is 0.387 e. The SMILES string of the molecule is Cc1ccccc1OCc1ccc(C(=O)Nc2ccc(F)cc2OC(F)F)o1. The second-order valence-electron chi connectivity index (χ2n) is 5.79. The number of hydrogen-bond donors (Lipinski definition) is 1. The molecule has 0 fully saturated rings. The highest BCUT2D eigenvalue weighted by Gasteiger charge is 2.17. The molecule has 0 saturated heterocycles. The number of halogens is 3. The van der Waals surface area contributed by atoms with Crippen molar-refractivity contribution in [3.8, 4) is 11.5 Å². The Morgan fingerprint density at radius 2 is 1.89 bits per heavy atom. The molecule has 146 valence electrons. The van der Waals surface area contributed by atoms with Gasteiger partial charge in [-0.05, 0) is 42.8 Å². The molecule has 0 unspecified atom stereocenters. The molecule has 2 aromatic carbocycles. The van der Waals surface area contributed by atoms with E-state index in [0.717, 1.165) is 23.8 Å². The molecule has 1 aromatic heterocycles. The number of rotatable bonds is 7. The van der Waals surface area contributed by atoms with Gasteiger partial charge >= 0.3 is 6.61 Å². The van der Waals surface area contributed by atoms with Gasteiger partial charge < -0.3 is 19.2 Å². The monoisotopic (exact) mass is 391 g/mol. The van der Waals surface area contributed by atoms with Gasteiger partial charge in [-0.2, -0.15) is 8.78 Å². The van der Waals surface area contributed by atoms with Crippen LogP contribution in [-0.4, -0.2) is 12.5 Å². The Balaban J connectivity index is 1.67. The van der Waals surface area contributed by atoms with Gasteiger partial charge in [0.2, 0.25) is 0 Å². The number of carbonyl (C=O) groups excluding carboxylic acids is 1. The Morgan fingerprint density at radius 3 is 2.64 bits per heavy atom. The summed E-state index contributed by atoms with van der Waals surface area (Å²) in [6, 6.07) is 13.3. The van der Waals surface area contributed by atoms with Crippen LogP contribution in [0, 0.1) is 12.7 Å². The highest BCUT2D eigenvalue weighted by Crippen LogP contribution is 2.28. The van der Waals surface area contributed by atoms with Crippen LogP contribution in [0.3, 0.4) is 0 Å². The molecule has 0 aliphatic carbocycles. The fourth-order valence-electron chi connectivity index (χ4n) is 2.42. The molecule has 3 aromatic rings. The summed E-state index contributed by atoms with van der Waals surface area (Å²) in [5.41, 5.74) is 0.843. The van der Waals surface area contributed by atoms with Crippen LogP contribution in [0.15, 0.2) is 59.0 Å². The van der Waals surface area contributed by atoms with Gasteiger partial charge in [-0.15, -0.1) is 0 Å². The number of alkyl halides is 2. The van der Waals surface area contributed by atoms with Gasteiger partial charge in [0, 0.05) is 6.07 Å². The number of amides is 1. The van der Waals surface area contributed by atoms with Crippen molar-refractivity contribution >= 4 is 11.6 Å². The molecule has 1 N–H and O–H groups in total. The first kappa shape index (κ1) is 19.3. The molecule has 1 amide bonds. The fraction of sp³-hybridized carbons (Fsp3) is 0.150. The van der Waals surface area contributed by atoms with Crippen LogP contribution in [0.1, 0.15) is 21.9 Å². The quantitative estimate of drug-likeness (QED) is 0.604. The number of aryl methyl sites for hydroxylation is 1. The van der Waals surface area contributed by atoms with Gasteiger partial charge in [-0.25, -0.2) is 4.39 Å². The molecule has 0 radical (unpaired) electrons. The van der Waals surface area contributed by atoms with Crippen molar-refractivity contribution in [1.82, 2.24) is 0 Å². The molecule has 0 aliphatic rings. The standard InChI is InChI=1S/C20H16F3NO4/c1-12-4-2-3-5-16(12)26-11-14-7-9-17(27-14)19(25)24-15-8-6-13(21)10-18(15)28-20(22)23/h2-10,20H,11H2,1H3,(H,24,25). The van der Waals surface area contributed by atoms with Gasteiger partial charge in [0.05, 0.1) is 5.69 Å². The van der Waals surface area contributed by atoms with Gasteiger partial charge in [0.1, 0.15) is 23.9 Å². The Hall–Kier alpha value is -3.42. The van der Waals surface area contributed by atoms with Gasteiger partial charge in [-0.3, -0.25) is 4.79 Å². The minimum absolute atomic E-state index is 0.0595. The number of furan rings is 1. The van der Waals surface area contributed by atoms with Crippen molar-refractivity contribution < 1.29 is 31.9 Å². The van der Waals surface area contributed by atoms with E-state index in [9.17, 15) is 18.0 Å². The molecule has 5 nitrogen and oxygen atoms in total. The zero-order valence-corrected chi connectivity index (χ0v) is 14.7. The highest BCUT2D eigenvalue weighted by atomic mass is 19.3. The lowest BCUT2D eigenvalue weighted by Crippen LogP contribution is -2.13. The minimum atomic E-state index is -3.16. The van der Waals surface area contributed by atoms with Gasteiger partial charge in [0.25, 0.3) is 5.91 Å². The lowest BCUT2D eigenvalue weighted by molar-refractivity contribution is -0.0495. The fourth-order valence-corrected chi connectivity index (χ4v) is 2.42. The topological polar surface area (TPSA) is 60.7 Å². The first-order chi connectivity index (χ1) is 13.4. The van der Waals surface area contributed by atoms with Crippen LogP contribution in [0.5, 0.6) is 11.5 Å². The number of anilines is 1. The third-order valence-corrected chi connectivity index (χ3v) is 3.76. The lowest BCUT2D eigenvalue weighted by Gasteiger charge is -2.11. The summed E-state index contributed by atoms with van der Waals surface area (Å²) in [6.45, 7) is -1.15. The van der Waals surface area contributed by atoms with Gasteiger partial charge in [0.15, 0.2) is 11.5 Å². The third kappa shape index (κ3) is 4.85. The summed E-state index contributed by atoms with van der Waals surface area (Å²) in [7, 11) is 0. The first-order valence-electron chi connectivity index (χ1n) is 8.25. The average Bonchev–Trinajstić information content (AvgIpc) is 3.12. The summed E-state index contributed by atoms with van der Waals surface area (Å²) in [5.74, 6) is -0.939. The number of hydrogen-bond acceptors (Lipinski definition) is 4. The Morgan fingerprint density at radius 1 is 1.11 bits per heavy atom. The first-order valence-corrected chi connectivity index (χ1v) is 8.25. The molecule has 0 aliphatic heterocycles. The van der Waals surface area contributed by atoms with Crippen LogP contribution in [0.4, 0.5) is 18.9 Å². The van der Waals surface area contributed by atoms with E-state index in [0.29, 0.717) is 11.5 Å². The minimum Gasteiger partial charge on any atom is -0.485 e. The normalized spacial score (nSPS) is 10.8. The van der Waals surface area contributed by atoms with E-state index in [1.54, 1.807) is 6.07 Å². The molecule has 0 bridgehead atoms. The molecule has 8 heteroatoms. The maximum Gasteiger partial charge on any atom is 0.387 e. The summed E-state index contributed by atoms with van der Waals surface area (Å²) in [4.78, 5) is 12.3. The number of benzene rings is 2. The van der Waals surface area contributed by atoms with Crippen LogP contribution in [0.2, 0.25) is 0 Å². The molecule has 0 spiro atoms. The summed E-state index contributed by atoms with van der Waals surface area (Å²) < 4.78 is 53.5. The van der Waals surface area contributed by atoms with Crippen LogP contribution >= 0.6 is 0 Å². The van der Waals surface area contributed by atoms with E-state index in [-0.39, 0.29) is 18.1 Å². The van der Waals surface area contributed by atoms with E-state index in [1.165, 1.54) is 6.07 Å². The maximum absolute atomic E-state index is 13.2. The van der Waals surface area contributed by atoms with E-state index in [2.05, 4.69) is 10.1 Å². The van der Waals surface area contributed by atoms with Crippen molar-refractivity contribution in [2.45, 2.75) is 20.1 Å². The molecule has 0 atom stereocenters. The maximum atomic E-state index is 13.2. The molecular weight excluding hydrogens is 375 g/mol. The third-order valence-electron chi connectivity index (χ3n) is 3.76. The van der Waals surface area contributed by atoms with Gasteiger partial charge in [-0.1, -0.05) is 18.2 Å². The predicted molar refractivity (Wildman–Crippen MR) is 95.2 cm³/mol. The lowest BCUT2D eigenvalue weighted by atomic mass is 10.2. The molecule has 28 heavy (non-hydrogen) atoms. The van der Waals surface area contributed by atoms with E-state index in [1.807, 2.05) is 31.2 Å². The Bertz CT molecular complexity index is 972. The second-order valence-corrected chi connectivity index (χ2v) is 5.79. The van der Waals surface area contributed by atoms with Crippen LogP contribution in [-0.2, 0) is 6.61 Å². The molecule has 3 rings (SSSR count).